The van der Waals surface area contributed by atoms with E-state index in [-0.39, 0.29) is 37.9 Å². The Morgan fingerprint density at radius 1 is 0.398 bits per heavy atom. The molecule has 0 fully saturated rings. The van der Waals surface area contributed by atoms with E-state index in [1.165, 1.54) is 56.2 Å². The molecule has 6 N–H and O–H groups in total. The van der Waals surface area contributed by atoms with Crippen LogP contribution in [0.5, 0.6) is 5.75 Å². The first-order valence-electron chi connectivity index (χ1n) is 32.2. The Hall–Kier alpha value is -8.70. The van der Waals surface area contributed by atoms with Gasteiger partial charge in [-0.1, -0.05) is 281 Å². The van der Waals surface area contributed by atoms with Crippen LogP contribution in [-0.4, -0.2) is 92.5 Å². The number of carbonyl (C=O) groups is 6. The Morgan fingerprint density at radius 2 is 0.688 bits per heavy atom. The Balaban J connectivity index is 0.00000112. The molecule has 4 atom stereocenters. The zero-order chi connectivity index (χ0) is 67.8. The summed E-state index contributed by atoms with van der Waals surface area (Å²) in [5.41, 5.74) is 9.48. The van der Waals surface area contributed by atoms with Gasteiger partial charge in [-0.25, -0.2) is 0 Å². The van der Waals surface area contributed by atoms with Crippen LogP contribution in [0.25, 0.3) is 24.3 Å². The summed E-state index contributed by atoms with van der Waals surface area (Å²) in [5, 5.41) is 56.2. The number of carboxylic acid groups (broad SMARTS) is 1. The van der Waals surface area contributed by atoms with Gasteiger partial charge >= 0.3 is 5.97 Å². The number of benzene rings is 6. The molecule has 0 bridgehead atoms. The maximum atomic E-state index is 10.5. The van der Waals surface area contributed by atoms with Gasteiger partial charge < -0.3 is 30.6 Å². The molecule has 0 spiro atoms. The monoisotopic (exact) mass is 1270 g/mol. The van der Waals surface area contributed by atoms with E-state index >= 15 is 0 Å². The number of aliphatic carboxylic acids is 1. The van der Waals surface area contributed by atoms with E-state index < -0.39 is 12.1 Å². The van der Waals surface area contributed by atoms with E-state index in [2.05, 4.69) is 39.5 Å². The van der Waals surface area contributed by atoms with E-state index in [1.807, 2.05) is 128 Å². The maximum absolute atomic E-state index is 10.5. The highest BCUT2D eigenvalue weighted by molar-refractivity contribution is 5.77. The van der Waals surface area contributed by atoms with Gasteiger partial charge in [0.1, 0.15) is 43.3 Å². The second-order valence-electron chi connectivity index (χ2n) is 21.9. The molecule has 6 aromatic carbocycles. The largest absolute Gasteiger partial charge is 0.508 e. The van der Waals surface area contributed by atoms with E-state index in [4.69, 9.17) is 10.2 Å². The van der Waals surface area contributed by atoms with Crippen LogP contribution in [0, 0.1) is 18.8 Å². The molecule has 4 unspecified atom stereocenters. The fraction of sp³-hybridized carbons (Fsp3) is 0.358. The number of phenols is 1. The van der Waals surface area contributed by atoms with Crippen molar-refractivity contribution < 1.29 is 59.4 Å². The molecular weight excluding hydrogens is 1160 g/mol. The van der Waals surface area contributed by atoms with Crippen molar-refractivity contribution in [3.63, 3.8) is 0 Å². The van der Waals surface area contributed by atoms with Crippen molar-refractivity contribution in [3.8, 4) is 17.6 Å². The number of phenolic OH excluding ortho intramolecular Hbond substituents is 1. The molecule has 0 heterocycles. The van der Waals surface area contributed by atoms with Crippen LogP contribution in [-0.2, 0) is 4.79 Å². The highest BCUT2D eigenvalue weighted by Crippen LogP contribution is 2.14. The number of unbranched alkanes of at least 4 members (excludes halogenated alkanes) is 9. The van der Waals surface area contributed by atoms with Crippen LogP contribution in [0.4, 0.5) is 0 Å². The highest BCUT2D eigenvalue weighted by Gasteiger charge is 2.03. The van der Waals surface area contributed by atoms with Crippen molar-refractivity contribution in [2.75, 3.05) is 0 Å². The third-order valence-corrected chi connectivity index (χ3v) is 13.7. The van der Waals surface area contributed by atoms with Gasteiger partial charge in [0, 0.05) is 39.8 Å². The SMILES string of the molecule is C.CCCCCC(O)/C=C/c1ccc(/C=C\CCCC(=O)O)cc1.CCCCCC(O)/C=C/c1ccc(C=O)cc1.CCCCCC(O)/C=C/c1ccc(C=O)cc1.CCCCCC(O)C#Cc1ccc(C=O)cc1.Cc1ccc(C=O)cc1.O=Cc1ccc(O)cc1. The summed E-state index contributed by atoms with van der Waals surface area (Å²) in [4.78, 5) is 62.0. The van der Waals surface area contributed by atoms with Crippen molar-refractivity contribution in [3.05, 3.63) is 231 Å². The quantitative estimate of drug-likeness (QED) is 0.0132. The molecule has 500 valence electrons. The van der Waals surface area contributed by atoms with Gasteiger partial charge in [-0.2, -0.15) is 0 Å². The second-order valence-corrected chi connectivity index (χ2v) is 21.9. The summed E-state index contributed by atoms with van der Waals surface area (Å²) < 4.78 is 0. The van der Waals surface area contributed by atoms with Crippen LogP contribution in [0.15, 0.2) is 170 Å². The average molecular weight is 1270 g/mol. The molecule has 93 heavy (non-hydrogen) atoms. The lowest BCUT2D eigenvalue weighted by Crippen LogP contribution is -2.02. The molecule has 0 aliphatic heterocycles. The molecular formula is C81H104O12. The third kappa shape index (κ3) is 46.1. The zero-order valence-electron chi connectivity index (χ0n) is 54.7. The first kappa shape index (κ1) is 84.3. The first-order valence-corrected chi connectivity index (χ1v) is 32.2. The summed E-state index contributed by atoms with van der Waals surface area (Å²) in [7, 11) is 0. The summed E-state index contributed by atoms with van der Waals surface area (Å²) >= 11 is 0. The number of aliphatic hydroxyl groups excluding tert-OH is 4. The number of aryl methyl sites for hydroxylation is 1. The molecule has 0 saturated heterocycles. The third-order valence-electron chi connectivity index (χ3n) is 13.7. The predicted octanol–water partition coefficient (Wildman–Crippen LogP) is 18.3. The van der Waals surface area contributed by atoms with Crippen molar-refractivity contribution in [1.82, 2.24) is 0 Å². The number of carboxylic acids is 1. The van der Waals surface area contributed by atoms with E-state index in [1.54, 1.807) is 60.7 Å². The minimum Gasteiger partial charge on any atom is -0.508 e. The molecule has 0 aromatic heterocycles. The number of aldehydes is 5. The van der Waals surface area contributed by atoms with Gasteiger partial charge in [0.25, 0.3) is 0 Å². The van der Waals surface area contributed by atoms with Crippen molar-refractivity contribution >= 4 is 61.7 Å². The molecule has 0 amide bonds. The fourth-order valence-electron chi connectivity index (χ4n) is 8.12. The number of carbonyl (C=O) groups excluding carboxylic acids is 5. The lowest BCUT2D eigenvalue weighted by Gasteiger charge is -2.04. The summed E-state index contributed by atoms with van der Waals surface area (Å²) in [6.07, 6.45) is 35.9. The molecule has 0 radical (unpaired) electrons. The number of allylic oxidation sites excluding steroid dienone is 1. The molecule has 12 nitrogen and oxygen atoms in total. The standard InChI is InChI=1S/C20H28O3.2C15H20O2.C15H18O2.C8H8O.C7H6O2.CH4/c1-2-3-5-9-19(21)16-15-18-13-11-17(12-14-18)8-6-4-7-10-20(22)23;3*1-2-3-4-5-15(17)11-10-13-6-8-14(12-16)9-7-13;1-7-2-4-8(6-9)5-3-7;8-5-6-1-3-7(9)4-2-6;/h6,8,11-16,19,21H,2-5,7,9-10H2,1H3,(H,22,23);2*6-12,15,17H,2-5H2,1H3;6-9,12,15,17H,2-5H2,1H3;2-6H,1H3;1-5,9H;1H4/b8-6-,16-15+;2*11-10+;;;;. The molecule has 0 aliphatic rings. The van der Waals surface area contributed by atoms with Crippen molar-refractivity contribution in [1.29, 1.82) is 0 Å². The Bertz CT molecular complexity index is 2950. The van der Waals surface area contributed by atoms with E-state index in [0.29, 0.717) is 28.7 Å². The topological polar surface area (TPSA) is 224 Å². The summed E-state index contributed by atoms with van der Waals surface area (Å²) in [6.45, 7) is 10.6. The lowest BCUT2D eigenvalue weighted by molar-refractivity contribution is -0.137. The molecule has 0 aliphatic carbocycles. The highest BCUT2D eigenvalue weighted by atomic mass is 16.4. The number of hydrogen-bond acceptors (Lipinski definition) is 11. The number of aromatic hydroxyl groups is 1. The predicted molar refractivity (Wildman–Crippen MR) is 384 cm³/mol. The van der Waals surface area contributed by atoms with Gasteiger partial charge in [0.15, 0.2) is 0 Å². The Kier molecular flexibility index (Phi) is 50.8. The fourth-order valence-corrected chi connectivity index (χ4v) is 8.12. The minimum atomic E-state index is -0.744. The van der Waals surface area contributed by atoms with Crippen molar-refractivity contribution in [2.24, 2.45) is 0 Å². The molecule has 6 aromatic rings. The van der Waals surface area contributed by atoms with Crippen LogP contribution in [0.3, 0.4) is 0 Å². The van der Waals surface area contributed by atoms with Gasteiger partial charge in [-0.15, -0.1) is 0 Å². The summed E-state index contributed by atoms with van der Waals surface area (Å²) in [5.74, 6) is 5.16. The molecule has 6 rings (SSSR count). The average Bonchev–Trinajstić information content (AvgIpc) is 3.78. The first-order chi connectivity index (χ1) is 44.5. The van der Waals surface area contributed by atoms with Gasteiger partial charge in [-0.3, -0.25) is 28.8 Å². The normalized spacial score (nSPS) is 11.7. The zero-order valence-corrected chi connectivity index (χ0v) is 54.7. The number of rotatable bonds is 32. The van der Waals surface area contributed by atoms with Gasteiger partial charge in [0.2, 0.25) is 0 Å². The van der Waals surface area contributed by atoms with Crippen molar-refractivity contribution in [2.45, 2.75) is 188 Å². The van der Waals surface area contributed by atoms with Gasteiger partial charge in [0.05, 0.1) is 18.3 Å². The number of aliphatic hydroxyl groups is 4. The maximum Gasteiger partial charge on any atom is 0.303 e. The van der Waals surface area contributed by atoms with Crippen LogP contribution < -0.4 is 0 Å². The smallest absolute Gasteiger partial charge is 0.303 e. The second kappa shape index (κ2) is 56.1. The molecule has 12 heteroatoms. The lowest BCUT2D eigenvalue weighted by atomic mass is 10.1. The van der Waals surface area contributed by atoms with Crippen LogP contribution in [0.1, 0.15) is 242 Å². The Morgan fingerprint density at radius 3 is 1.01 bits per heavy atom. The van der Waals surface area contributed by atoms with Crippen LogP contribution in [0.2, 0.25) is 0 Å². The van der Waals surface area contributed by atoms with Crippen LogP contribution >= 0.6 is 0 Å². The van der Waals surface area contributed by atoms with E-state index in [0.717, 1.165) is 135 Å². The minimum absolute atomic E-state index is 0. The van der Waals surface area contributed by atoms with E-state index in [9.17, 15) is 49.2 Å². The summed E-state index contributed by atoms with van der Waals surface area (Å²) in [6, 6.07) is 43.2. The van der Waals surface area contributed by atoms with Gasteiger partial charge in [-0.05, 0) is 111 Å². The molecule has 0 saturated carbocycles. The number of hydrogen-bond donors (Lipinski definition) is 6. The Labute approximate surface area is 555 Å².